The van der Waals surface area contributed by atoms with Crippen LogP contribution in [0.25, 0.3) is 0 Å². The Morgan fingerprint density at radius 3 is 2.89 bits per heavy atom. The van der Waals surface area contributed by atoms with Crippen LogP contribution in [-0.4, -0.2) is 43.8 Å². The highest BCUT2D eigenvalue weighted by Gasteiger charge is 2.11. The Balaban J connectivity index is 1.95. The van der Waals surface area contributed by atoms with Gasteiger partial charge in [-0.3, -0.25) is 0 Å². The molecule has 1 aliphatic rings. The molecular weight excluding hydrogens is 250 g/mol. The van der Waals surface area contributed by atoms with Crippen LogP contribution in [0.1, 0.15) is 6.42 Å². The highest BCUT2D eigenvalue weighted by Crippen LogP contribution is 2.33. The van der Waals surface area contributed by atoms with Gasteiger partial charge in [0, 0.05) is 23.6 Å². The molecule has 1 aromatic carbocycles. The van der Waals surface area contributed by atoms with Crippen molar-refractivity contribution in [3.05, 3.63) is 18.2 Å². The number of thioether (sulfide) groups is 1. The van der Waals surface area contributed by atoms with Gasteiger partial charge in [-0.2, -0.15) is 0 Å². The molecule has 0 aliphatic carbocycles. The van der Waals surface area contributed by atoms with Gasteiger partial charge in [0.15, 0.2) is 11.5 Å². The second-order valence-corrected chi connectivity index (χ2v) is 5.27. The van der Waals surface area contributed by atoms with Crippen molar-refractivity contribution in [2.75, 3.05) is 32.6 Å². The molecule has 1 aromatic rings. The first-order valence-corrected chi connectivity index (χ1v) is 7.13. The van der Waals surface area contributed by atoms with Crippen molar-refractivity contribution in [1.82, 2.24) is 5.32 Å². The van der Waals surface area contributed by atoms with Crippen LogP contribution in [0.3, 0.4) is 0 Å². The molecule has 0 saturated heterocycles. The lowest BCUT2D eigenvalue weighted by atomic mass is 10.3. The van der Waals surface area contributed by atoms with Crippen LogP contribution in [0.5, 0.6) is 11.5 Å². The maximum absolute atomic E-state index is 9.65. The fourth-order valence-corrected chi connectivity index (χ4v) is 2.58. The van der Waals surface area contributed by atoms with Crippen molar-refractivity contribution >= 4 is 11.8 Å². The van der Waals surface area contributed by atoms with E-state index in [0.717, 1.165) is 22.8 Å². The summed E-state index contributed by atoms with van der Waals surface area (Å²) in [6, 6.07) is 5.93. The number of aliphatic hydroxyl groups is 1. The summed E-state index contributed by atoms with van der Waals surface area (Å²) in [5.41, 5.74) is 0. The van der Waals surface area contributed by atoms with E-state index in [0.29, 0.717) is 25.5 Å². The molecule has 0 spiro atoms. The average Bonchev–Trinajstić information content (AvgIpc) is 2.61. The number of hydrogen-bond acceptors (Lipinski definition) is 5. The minimum absolute atomic E-state index is 0.337. The summed E-state index contributed by atoms with van der Waals surface area (Å²) < 4.78 is 11.2. The monoisotopic (exact) mass is 269 g/mol. The zero-order chi connectivity index (χ0) is 12.8. The van der Waals surface area contributed by atoms with E-state index in [-0.39, 0.29) is 6.10 Å². The lowest BCUT2D eigenvalue weighted by Crippen LogP contribution is -2.25. The molecule has 1 heterocycles. The van der Waals surface area contributed by atoms with Crippen LogP contribution < -0.4 is 14.8 Å². The first kappa shape index (κ1) is 13.5. The Morgan fingerprint density at radius 2 is 2.11 bits per heavy atom. The minimum Gasteiger partial charge on any atom is -0.490 e. The largest absolute Gasteiger partial charge is 0.490 e. The second-order valence-electron chi connectivity index (χ2n) is 4.18. The Bertz CT molecular complexity index is 386. The van der Waals surface area contributed by atoms with Crippen LogP contribution in [-0.2, 0) is 0 Å². The van der Waals surface area contributed by atoms with Gasteiger partial charge in [0.25, 0.3) is 0 Å². The number of hydrogen-bond donors (Lipinski definition) is 2. The number of rotatable bonds is 5. The zero-order valence-corrected chi connectivity index (χ0v) is 11.3. The van der Waals surface area contributed by atoms with E-state index in [2.05, 4.69) is 5.32 Å². The van der Waals surface area contributed by atoms with E-state index >= 15 is 0 Å². The van der Waals surface area contributed by atoms with E-state index in [4.69, 9.17) is 9.47 Å². The van der Waals surface area contributed by atoms with Gasteiger partial charge >= 0.3 is 0 Å². The molecule has 5 heteroatoms. The molecule has 2 N–H and O–H groups in total. The van der Waals surface area contributed by atoms with E-state index in [9.17, 15) is 5.11 Å². The predicted molar refractivity (Wildman–Crippen MR) is 72.7 cm³/mol. The molecule has 4 nitrogen and oxygen atoms in total. The second kappa shape index (κ2) is 6.87. The van der Waals surface area contributed by atoms with Crippen molar-refractivity contribution in [2.45, 2.75) is 17.4 Å². The quantitative estimate of drug-likeness (QED) is 0.794. The minimum atomic E-state index is -0.337. The number of aliphatic hydroxyl groups excluding tert-OH is 1. The van der Waals surface area contributed by atoms with Crippen molar-refractivity contribution in [1.29, 1.82) is 0 Å². The Labute approximate surface area is 112 Å². The van der Waals surface area contributed by atoms with Gasteiger partial charge in [-0.05, 0) is 25.2 Å². The number of fused-ring (bicyclic) bond motifs is 1. The third kappa shape index (κ3) is 3.80. The highest BCUT2D eigenvalue weighted by atomic mass is 32.2. The summed E-state index contributed by atoms with van der Waals surface area (Å²) in [4.78, 5) is 1.09. The van der Waals surface area contributed by atoms with Crippen molar-refractivity contribution in [3.8, 4) is 11.5 Å². The zero-order valence-electron chi connectivity index (χ0n) is 10.5. The molecule has 0 amide bonds. The number of benzene rings is 1. The number of ether oxygens (including phenoxy) is 2. The van der Waals surface area contributed by atoms with Crippen LogP contribution >= 0.6 is 11.8 Å². The molecule has 2 rings (SSSR count). The number of nitrogens with one attached hydrogen (secondary N) is 1. The number of likely N-dealkylation sites (N-methyl/N-ethyl adjacent to an activating group) is 1. The summed E-state index contributed by atoms with van der Waals surface area (Å²) in [7, 11) is 1.83. The normalized spacial score (nSPS) is 16.1. The van der Waals surface area contributed by atoms with Gasteiger partial charge in [-0.25, -0.2) is 0 Å². The van der Waals surface area contributed by atoms with Crippen molar-refractivity contribution in [3.63, 3.8) is 0 Å². The Kier molecular flexibility index (Phi) is 5.16. The predicted octanol–water partition coefficient (Wildman–Crippen LogP) is 1.52. The van der Waals surface area contributed by atoms with Gasteiger partial charge < -0.3 is 19.9 Å². The summed E-state index contributed by atoms with van der Waals surface area (Å²) in [5, 5.41) is 12.6. The average molecular weight is 269 g/mol. The maximum Gasteiger partial charge on any atom is 0.162 e. The van der Waals surface area contributed by atoms with E-state index in [1.54, 1.807) is 11.8 Å². The van der Waals surface area contributed by atoms with Gasteiger partial charge in [-0.1, -0.05) is 0 Å². The molecule has 0 aromatic heterocycles. The molecule has 0 bridgehead atoms. The van der Waals surface area contributed by atoms with E-state index < -0.39 is 0 Å². The van der Waals surface area contributed by atoms with E-state index in [1.807, 2.05) is 25.2 Å². The third-order valence-corrected chi connectivity index (χ3v) is 3.74. The van der Waals surface area contributed by atoms with E-state index in [1.165, 1.54) is 0 Å². The molecule has 1 unspecified atom stereocenters. The molecule has 1 aliphatic heterocycles. The molecular formula is C13H19NO3S. The fourth-order valence-electron chi connectivity index (χ4n) is 1.72. The first-order chi connectivity index (χ1) is 8.79. The van der Waals surface area contributed by atoms with Gasteiger partial charge in [0.05, 0.1) is 19.3 Å². The van der Waals surface area contributed by atoms with Gasteiger partial charge in [0.2, 0.25) is 0 Å². The molecule has 0 radical (unpaired) electrons. The van der Waals surface area contributed by atoms with Crippen LogP contribution in [0, 0.1) is 0 Å². The molecule has 18 heavy (non-hydrogen) atoms. The summed E-state index contributed by atoms with van der Waals surface area (Å²) in [5.74, 6) is 2.29. The topological polar surface area (TPSA) is 50.7 Å². The standard InChI is InChI=1S/C13H19NO3S/c1-14-8-10(15)9-18-11-3-4-12-13(7-11)17-6-2-5-16-12/h3-4,7,10,14-15H,2,5-6,8-9H2,1H3. The molecule has 100 valence electrons. The van der Waals surface area contributed by atoms with Crippen LogP contribution in [0.4, 0.5) is 0 Å². The third-order valence-electron chi connectivity index (χ3n) is 2.60. The smallest absolute Gasteiger partial charge is 0.162 e. The summed E-state index contributed by atoms with van der Waals surface area (Å²) in [6.07, 6.45) is 0.578. The van der Waals surface area contributed by atoms with Crippen molar-refractivity contribution in [2.24, 2.45) is 0 Å². The molecule has 1 atom stereocenters. The first-order valence-electron chi connectivity index (χ1n) is 6.14. The van der Waals surface area contributed by atoms with Crippen molar-refractivity contribution < 1.29 is 14.6 Å². The van der Waals surface area contributed by atoms with Crippen LogP contribution in [0.2, 0.25) is 0 Å². The highest BCUT2D eigenvalue weighted by molar-refractivity contribution is 7.99. The van der Waals surface area contributed by atoms with Crippen LogP contribution in [0.15, 0.2) is 23.1 Å². The molecule has 0 saturated carbocycles. The lowest BCUT2D eigenvalue weighted by Gasteiger charge is -2.11. The Morgan fingerprint density at radius 1 is 1.33 bits per heavy atom. The summed E-state index contributed by atoms with van der Waals surface area (Å²) in [6.45, 7) is 2.02. The summed E-state index contributed by atoms with van der Waals surface area (Å²) >= 11 is 1.62. The SMILES string of the molecule is CNCC(O)CSc1ccc2c(c1)OCCCO2. The molecule has 0 fully saturated rings. The van der Waals surface area contributed by atoms with Gasteiger partial charge in [-0.15, -0.1) is 11.8 Å². The fraction of sp³-hybridized carbons (Fsp3) is 0.538. The lowest BCUT2D eigenvalue weighted by molar-refractivity contribution is 0.199. The van der Waals surface area contributed by atoms with Gasteiger partial charge in [0.1, 0.15) is 0 Å². The Hall–Kier alpha value is -0.910. The maximum atomic E-state index is 9.65.